The molecule has 0 saturated heterocycles. The van der Waals surface area contributed by atoms with Gasteiger partial charge in [-0.05, 0) is 34.5 Å². The van der Waals surface area contributed by atoms with E-state index < -0.39 is 32.4 Å². The van der Waals surface area contributed by atoms with Crippen LogP contribution in [0.25, 0.3) is 10.8 Å². The highest BCUT2D eigenvalue weighted by atomic mass is 32.2. The number of sulfonamides is 1. The molecular weight excluding hydrogens is 351 g/mol. The maximum Gasteiger partial charge on any atom is 0.246 e. The summed E-state index contributed by atoms with van der Waals surface area (Å²) >= 11 is 0. The summed E-state index contributed by atoms with van der Waals surface area (Å²) in [7, 11) is -3.05. The van der Waals surface area contributed by atoms with Gasteiger partial charge in [-0.25, -0.2) is 21.6 Å². The SMILES string of the molecule is CN(Cc1ccc2ccccc2c1)S(=O)(=O)c1ccc(F)c(F)c1F. The van der Waals surface area contributed by atoms with Crippen molar-refractivity contribution in [2.45, 2.75) is 11.4 Å². The zero-order chi connectivity index (χ0) is 18.2. The minimum absolute atomic E-state index is 0.0361. The Balaban J connectivity index is 1.93. The summed E-state index contributed by atoms with van der Waals surface area (Å²) in [4.78, 5) is -0.894. The maximum absolute atomic E-state index is 13.8. The van der Waals surface area contributed by atoms with Crippen LogP contribution in [0.4, 0.5) is 13.2 Å². The zero-order valence-electron chi connectivity index (χ0n) is 13.2. The van der Waals surface area contributed by atoms with Crippen molar-refractivity contribution in [1.82, 2.24) is 4.31 Å². The van der Waals surface area contributed by atoms with E-state index in [9.17, 15) is 21.6 Å². The Bertz CT molecular complexity index is 1050. The molecule has 0 amide bonds. The smallest absolute Gasteiger partial charge is 0.207 e. The molecule has 0 aromatic heterocycles. The third-order valence-electron chi connectivity index (χ3n) is 3.91. The van der Waals surface area contributed by atoms with E-state index in [0.29, 0.717) is 11.6 Å². The van der Waals surface area contributed by atoms with E-state index in [1.54, 1.807) is 6.07 Å². The second-order valence-corrected chi connectivity index (χ2v) is 7.63. The normalized spacial score (nSPS) is 12.0. The summed E-state index contributed by atoms with van der Waals surface area (Å²) in [5, 5.41) is 1.94. The molecule has 0 aliphatic heterocycles. The highest BCUT2D eigenvalue weighted by Gasteiger charge is 2.27. The van der Waals surface area contributed by atoms with Crippen LogP contribution in [0.15, 0.2) is 59.5 Å². The van der Waals surface area contributed by atoms with Gasteiger partial charge in [0.05, 0.1) is 0 Å². The van der Waals surface area contributed by atoms with E-state index in [1.165, 1.54) is 7.05 Å². The minimum atomic E-state index is -4.31. The van der Waals surface area contributed by atoms with Crippen molar-refractivity contribution < 1.29 is 21.6 Å². The fourth-order valence-corrected chi connectivity index (χ4v) is 3.77. The molecule has 3 rings (SSSR count). The monoisotopic (exact) mass is 365 g/mol. The maximum atomic E-state index is 13.8. The summed E-state index contributed by atoms with van der Waals surface area (Å²) in [5.41, 5.74) is 0.688. The predicted octanol–water partition coefficient (Wildman–Crippen LogP) is 4.08. The van der Waals surface area contributed by atoms with Gasteiger partial charge in [0, 0.05) is 13.6 Å². The lowest BCUT2D eigenvalue weighted by Gasteiger charge is -2.18. The number of benzene rings is 3. The van der Waals surface area contributed by atoms with Crippen molar-refractivity contribution in [3.63, 3.8) is 0 Å². The molecule has 0 bridgehead atoms. The Morgan fingerprint density at radius 3 is 2.28 bits per heavy atom. The van der Waals surface area contributed by atoms with Gasteiger partial charge in [-0.2, -0.15) is 4.31 Å². The van der Waals surface area contributed by atoms with Crippen LogP contribution in [-0.4, -0.2) is 19.8 Å². The molecule has 3 aromatic carbocycles. The van der Waals surface area contributed by atoms with Gasteiger partial charge in [0.15, 0.2) is 17.5 Å². The molecule has 7 heteroatoms. The first-order valence-corrected chi connectivity index (χ1v) is 8.82. The fraction of sp³-hybridized carbons (Fsp3) is 0.111. The van der Waals surface area contributed by atoms with Crippen LogP contribution < -0.4 is 0 Å². The van der Waals surface area contributed by atoms with E-state index in [2.05, 4.69) is 0 Å². The fourth-order valence-electron chi connectivity index (χ4n) is 2.55. The molecule has 25 heavy (non-hydrogen) atoms. The van der Waals surface area contributed by atoms with Crippen molar-refractivity contribution >= 4 is 20.8 Å². The number of halogens is 3. The summed E-state index contributed by atoms with van der Waals surface area (Å²) in [6.45, 7) is -0.0361. The van der Waals surface area contributed by atoms with E-state index in [4.69, 9.17) is 0 Å². The van der Waals surface area contributed by atoms with Crippen LogP contribution in [0.2, 0.25) is 0 Å². The number of rotatable bonds is 4. The Labute approximate surface area is 143 Å². The van der Waals surface area contributed by atoms with Gasteiger partial charge in [-0.15, -0.1) is 0 Å². The van der Waals surface area contributed by atoms with Gasteiger partial charge >= 0.3 is 0 Å². The Morgan fingerprint density at radius 2 is 1.56 bits per heavy atom. The first-order chi connectivity index (χ1) is 11.8. The summed E-state index contributed by atoms with van der Waals surface area (Å²) in [6.07, 6.45) is 0. The standard InChI is InChI=1S/C18H14F3NO2S/c1-22(11-12-6-7-13-4-2-3-5-14(13)10-12)25(23,24)16-9-8-15(19)17(20)18(16)21/h2-10H,11H2,1H3. The Hall–Kier alpha value is -2.38. The third-order valence-corrected chi connectivity index (χ3v) is 5.73. The summed E-state index contributed by atoms with van der Waals surface area (Å²) < 4.78 is 66.1. The van der Waals surface area contributed by atoms with E-state index in [1.807, 2.05) is 36.4 Å². The third kappa shape index (κ3) is 3.25. The van der Waals surface area contributed by atoms with Gasteiger partial charge in [0.1, 0.15) is 4.90 Å². The molecule has 0 atom stereocenters. The largest absolute Gasteiger partial charge is 0.246 e. The lowest BCUT2D eigenvalue weighted by Crippen LogP contribution is -2.27. The van der Waals surface area contributed by atoms with Crippen LogP contribution in [0, 0.1) is 17.5 Å². The van der Waals surface area contributed by atoms with Crippen LogP contribution in [0.3, 0.4) is 0 Å². The van der Waals surface area contributed by atoms with Crippen molar-refractivity contribution in [1.29, 1.82) is 0 Å². The first kappa shape index (κ1) is 17.4. The Kier molecular flexibility index (Phi) is 4.53. The lowest BCUT2D eigenvalue weighted by molar-refractivity contribution is 0.421. The number of hydrogen-bond donors (Lipinski definition) is 0. The first-order valence-electron chi connectivity index (χ1n) is 7.38. The molecule has 0 fully saturated rings. The van der Waals surface area contributed by atoms with Crippen molar-refractivity contribution in [3.05, 3.63) is 77.6 Å². The van der Waals surface area contributed by atoms with E-state index in [0.717, 1.165) is 21.1 Å². The highest BCUT2D eigenvalue weighted by Crippen LogP contribution is 2.24. The second kappa shape index (κ2) is 6.50. The molecular formula is C18H14F3NO2S. The lowest BCUT2D eigenvalue weighted by atomic mass is 10.1. The van der Waals surface area contributed by atoms with Gasteiger partial charge in [0.2, 0.25) is 10.0 Å². The average molecular weight is 365 g/mol. The van der Waals surface area contributed by atoms with Crippen LogP contribution in [-0.2, 0) is 16.6 Å². The summed E-state index contributed by atoms with van der Waals surface area (Å²) in [6, 6.07) is 14.3. The number of hydrogen-bond acceptors (Lipinski definition) is 2. The quantitative estimate of drug-likeness (QED) is 0.654. The molecule has 130 valence electrons. The topological polar surface area (TPSA) is 37.4 Å². The second-order valence-electron chi connectivity index (χ2n) is 5.62. The molecule has 0 heterocycles. The molecule has 0 spiro atoms. The average Bonchev–Trinajstić information content (AvgIpc) is 2.59. The van der Waals surface area contributed by atoms with Crippen LogP contribution >= 0.6 is 0 Å². The van der Waals surface area contributed by atoms with Crippen molar-refractivity contribution in [2.75, 3.05) is 7.05 Å². The van der Waals surface area contributed by atoms with Gasteiger partial charge in [-0.3, -0.25) is 0 Å². The highest BCUT2D eigenvalue weighted by molar-refractivity contribution is 7.89. The molecule has 3 aromatic rings. The molecule has 0 aliphatic rings. The zero-order valence-corrected chi connectivity index (χ0v) is 14.0. The molecule has 0 saturated carbocycles. The molecule has 0 radical (unpaired) electrons. The number of fused-ring (bicyclic) bond motifs is 1. The molecule has 0 aliphatic carbocycles. The predicted molar refractivity (Wildman–Crippen MR) is 88.9 cm³/mol. The van der Waals surface area contributed by atoms with Gasteiger partial charge in [-0.1, -0.05) is 36.4 Å². The Morgan fingerprint density at radius 1 is 0.880 bits per heavy atom. The summed E-state index contributed by atoms with van der Waals surface area (Å²) in [5.74, 6) is -4.96. The minimum Gasteiger partial charge on any atom is -0.207 e. The molecule has 0 unspecified atom stereocenters. The van der Waals surface area contributed by atoms with Crippen LogP contribution in [0.5, 0.6) is 0 Å². The molecule has 0 N–H and O–H groups in total. The molecule has 3 nitrogen and oxygen atoms in total. The van der Waals surface area contributed by atoms with Crippen molar-refractivity contribution in [3.8, 4) is 0 Å². The van der Waals surface area contributed by atoms with E-state index >= 15 is 0 Å². The van der Waals surface area contributed by atoms with Crippen LogP contribution in [0.1, 0.15) is 5.56 Å². The number of nitrogens with zero attached hydrogens (tertiary/aromatic N) is 1. The van der Waals surface area contributed by atoms with Crippen molar-refractivity contribution in [2.24, 2.45) is 0 Å². The van der Waals surface area contributed by atoms with Gasteiger partial charge in [0.25, 0.3) is 0 Å². The van der Waals surface area contributed by atoms with Gasteiger partial charge < -0.3 is 0 Å². The van der Waals surface area contributed by atoms with E-state index in [-0.39, 0.29) is 6.54 Å².